The minimum atomic E-state index is -3.42. The van der Waals surface area contributed by atoms with Crippen LogP contribution in [0.3, 0.4) is 0 Å². The molecule has 2 rings (SSSR count). The van der Waals surface area contributed by atoms with Gasteiger partial charge in [-0.15, -0.1) is 0 Å². The predicted molar refractivity (Wildman–Crippen MR) is 65.1 cm³/mol. The number of hydrogen-bond donors (Lipinski definition) is 0. The van der Waals surface area contributed by atoms with E-state index in [0.717, 1.165) is 19.3 Å². The maximum Gasteiger partial charge on any atom is 0.276 e. The quantitative estimate of drug-likeness (QED) is 0.832. The van der Waals surface area contributed by atoms with Crippen molar-refractivity contribution in [3.05, 3.63) is 18.4 Å². The molecule has 1 atom stereocenters. The number of nitrogens with zero attached hydrogens (tertiary/aromatic N) is 1. The van der Waals surface area contributed by atoms with Gasteiger partial charge in [-0.3, -0.25) is 0 Å². The second kappa shape index (κ2) is 4.82. The summed E-state index contributed by atoms with van der Waals surface area (Å²) in [5, 5.41) is 0.0631. The highest BCUT2D eigenvalue weighted by Gasteiger charge is 2.36. The van der Waals surface area contributed by atoms with Gasteiger partial charge in [-0.25, -0.2) is 8.42 Å². The topological polar surface area (TPSA) is 50.5 Å². The van der Waals surface area contributed by atoms with Crippen LogP contribution < -0.4 is 0 Å². The van der Waals surface area contributed by atoms with Gasteiger partial charge in [0.05, 0.1) is 6.26 Å². The molecule has 96 valence electrons. The van der Waals surface area contributed by atoms with E-state index in [4.69, 9.17) is 4.42 Å². The Morgan fingerprint density at radius 2 is 2.29 bits per heavy atom. The summed E-state index contributed by atoms with van der Waals surface area (Å²) in [7, 11) is -3.42. The summed E-state index contributed by atoms with van der Waals surface area (Å²) in [5.41, 5.74) is 0. The second-order valence-electron chi connectivity index (χ2n) is 4.97. The molecule has 0 aromatic carbocycles. The summed E-state index contributed by atoms with van der Waals surface area (Å²) in [6.45, 7) is 4.85. The summed E-state index contributed by atoms with van der Waals surface area (Å²) >= 11 is 0. The van der Waals surface area contributed by atoms with Crippen LogP contribution >= 0.6 is 0 Å². The Morgan fingerprint density at radius 3 is 2.88 bits per heavy atom. The zero-order valence-electron chi connectivity index (χ0n) is 10.3. The Hall–Kier alpha value is -0.810. The van der Waals surface area contributed by atoms with Gasteiger partial charge in [-0.2, -0.15) is 4.31 Å². The fourth-order valence-electron chi connectivity index (χ4n) is 2.43. The lowest BCUT2D eigenvalue weighted by Gasteiger charge is -2.24. The normalized spacial score (nSPS) is 22.4. The van der Waals surface area contributed by atoms with Crippen LogP contribution in [0.5, 0.6) is 0 Å². The first-order valence-corrected chi connectivity index (χ1v) is 7.51. The molecule has 17 heavy (non-hydrogen) atoms. The Bertz CT molecular complexity index is 450. The summed E-state index contributed by atoms with van der Waals surface area (Å²) in [6, 6.07) is 3.26. The van der Waals surface area contributed by atoms with E-state index in [2.05, 4.69) is 13.8 Å². The molecule has 1 aliphatic rings. The maximum absolute atomic E-state index is 12.3. The average Bonchev–Trinajstić information content (AvgIpc) is 2.85. The molecule has 0 radical (unpaired) electrons. The molecule has 1 fully saturated rings. The highest BCUT2D eigenvalue weighted by molar-refractivity contribution is 7.89. The highest BCUT2D eigenvalue weighted by atomic mass is 32.2. The molecule has 1 aromatic rings. The van der Waals surface area contributed by atoms with E-state index in [1.54, 1.807) is 10.4 Å². The molecule has 0 spiro atoms. The van der Waals surface area contributed by atoms with Gasteiger partial charge in [0, 0.05) is 12.6 Å². The number of sulfonamides is 1. The lowest BCUT2D eigenvalue weighted by Crippen LogP contribution is -2.36. The van der Waals surface area contributed by atoms with E-state index in [1.165, 1.54) is 12.3 Å². The molecular formula is C12H19NO3S. The number of furan rings is 1. The molecule has 0 bridgehead atoms. The first-order valence-electron chi connectivity index (χ1n) is 6.07. The van der Waals surface area contributed by atoms with Crippen LogP contribution in [-0.2, 0) is 10.0 Å². The minimum absolute atomic E-state index is 0.0631. The van der Waals surface area contributed by atoms with Crippen LogP contribution in [0.4, 0.5) is 0 Å². The van der Waals surface area contributed by atoms with Crippen molar-refractivity contribution in [2.45, 2.75) is 44.2 Å². The molecule has 1 aromatic heterocycles. The molecule has 1 unspecified atom stereocenters. The first kappa shape index (κ1) is 12.6. The Kier molecular flexibility index (Phi) is 3.58. The fraction of sp³-hybridized carbons (Fsp3) is 0.667. The predicted octanol–water partition coefficient (Wildman–Crippen LogP) is 2.48. The van der Waals surface area contributed by atoms with E-state index >= 15 is 0 Å². The third kappa shape index (κ3) is 2.55. The standard InChI is InChI=1S/C12H19NO3S/c1-10(2)9-11-5-3-7-13(11)17(14,15)12-6-4-8-16-12/h4,6,8,10-11H,3,5,7,9H2,1-2H3. The van der Waals surface area contributed by atoms with Crippen LogP contribution in [0.2, 0.25) is 0 Å². The maximum atomic E-state index is 12.3. The van der Waals surface area contributed by atoms with E-state index in [1.807, 2.05) is 0 Å². The van der Waals surface area contributed by atoms with E-state index in [0.29, 0.717) is 12.5 Å². The van der Waals surface area contributed by atoms with Gasteiger partial charge in [0.15, 0.2) is 0 Å². The molecule has 0 amide bonds. The zero-order valence-corrected chi connectivity index (χ0v) is 11.1. The molecule has 0 saturated carbocycles. The van der Waals surface area contributed by atoms with Gasteiger partial charge in [-0.05, 0) is 37.3 Å². The monoisotopic (exact) mass is 257 g/mol. The third-order valence-electron chi connectivity index (χ3n) is 3.12. The fourth-order valence-corrected chi connectivity index (χ4v) is 4.04. The van der Waals surface area contributed by atoms with Crippen molar-refractivity contribution < 1.29 is 12.8 Å². The van der Waals surface area contributed by atoms with Crippen LogP contribution in [-0.4, -0.2) is 25.3 Å². The van der Waals surface area contributed by atoms with Crippen LogP contribution in [0, 0.1) is 5.92 Å². The van der Waals surface area contributed by atoms with Crippen molar-refractivity contribution in [2.75, 3.05) is 6.54 Å². The van der Waals surface area contributed by atoms with Crippen molar-refractivity contribution in [2.24, 2.45) is 5.92 Å². The smallest absolute Gasteiger partial charge is 0.276 e. The van der Waals surface area contributed by atoms with Gasteiger partial charge in [-0.1, -0.05) is 13.8 Å². The van der Waals surface area contributed by atoms with Gasteiger partial charge >= 0.3 is 0 Å². The Labute approximate surface area is 103 Å². The van der Waals surface area contributed by atoms with Crippen molar-refractivity contribution >= 4 is 10.0 Å². The van der Waals surface area contributed by atoms with Crippen molar-refractivity contribution in [3.8, 4) is 0 Å². The van der Waals surface area contributed by atoms with Gasteiger partial charge in [0.1, 0.15) is 0 Å². The van der Waals surface area contributed by atoms with E-state index in [-0.39, 0.29) is 11.1 Å². The first-order chi connectivity index (χ1) is 8.01. The Morgan fingerprint density at radius 1 is 1.53 bits per heavy atom. The van der Waals surface area contributed by atoms with Crippen molar-refractivity contribution in [3.63, 3.8) is 0 Å². The lowest BCUT2D eigenvalue weighted by atomic mass is 10.0. The Balaban J connectivity index is 2.21. The van der Waals surface area contributed by atoms with Gasteiger partial charge < -0.3 is 4.42 Å². The summed E-state index contributed by atoms with van der Waals surface area (Å²) in [4.78, 5) is 0. The number of hydrogen-bond acceptors (Lipinski definition) is 3. The van der Waals surface area contributed by atoms with Gasteiger partial charge in [0.25, 0.3) is 10.0 Å². The zero-order chi connectivity index (χ0) is 12.5. The third-order valence-corrected chi connectivity index (χ3v) is 4.96. The van der Waals surface area contributed by atoms with Gasteiger partial charge in [0.2, 0.25) is 5.09 Å². The summed E-state index contributed by atoms with van der Waals surface area (Å²) in [5.74, 6) is 0.507. The molecule has 2 heterocycles. The number of rotatable bonds is 4. The van der Waals surface area contributed by atoms with E-state index < -0.39 is 10.0 Å². The molecule has 5 heteroatoms. The molecular weight excluding hydrogens is 238 g/mol. The van der Waals surface area contributed by atoms with E-state index in [9.17, 15) is 8.42 Å². The summed E-state index contributed by atoms with van der Waals surface area (Å²) in [6.07, 6.45) is 4.22. The van der Waals surface area contributed by atoms with Crippen LogP contribution in [0.1, 0.15) is 33.1 Å². The highest BCUT2D eigenvalue weighted by Crippen LogP contribution is 2.29. The minimum Gasteiger partial charge on any atom is -0.452 e. The van der Waals surface area contributed by atoms with Crippen molar-refractivity contribution in [1.82, 2.24) is 4.31 Å². The largest absolute Gasteiger partial charge is 0.452 e. The summed E-state index contributed by atoms with van der Waals surface area (Å²) < 4.78 is 31.3. The lowest BCUT2D eigenvalue weighted by molar-refractivity contribution is 0.325. The van der Waals surface area contributed by atoms with Crippen LogP contribution in [0.15, 0.2) is 27.9 Å². The van der Waals surface area contributed by atoms with Crippen LogP contribution in [0.25, 0.3) is 0 Å². The van der Waals surface area contributed by atoms with Crippen molar-refractivity contribution in [1.29, 1.82) is 0 Å². The molecule has 1 aliphatic heterocycles. The second-order valence-corrected chi connectivity index (χ2v) is 6.79. The molecule has 0 N–H and O–H groups in total. The molecule has 0 aliphatic carbocycles. The molecule has 1 saturated heterocycles. The average molecular weight is 257 g/mol. The SMILES string of the molecule is CC(C)CC1CCCN1S(=O)(=O)c1ccco1. The molecule has 4 nitrogen and oxygen atoms in total.